The molecule has 29 heavy (non-hydrogen) atoms. The lowest BCUT2D eigenvalue weighted by molar-refractivity contribution is -0.384. The van der Waals surface area contributed by atoms with E-state index in [-0.39, 0.29) is 22.8 Å². The Morgan fingerprint density at radius 1 is 1.14 bits per heavy atom. The van der Waals surface area contributed by atoms with Crippen LogP contribution in [0.5, 0.6) is 5.75 Å². The van der Waals surface area contributed by atoms with Crippen molar-refractivity contribution in [3.63, 3.8) is 0 Å². The number of rotatable bonds is 3. The number of primary sulfonamides is 1. The zero-order valence-corrected chi connectivity index (χ0v) is 16.2. The van der Waals surface area contributed by atoms with Gasteiger partial charge in [-0.3, -0.25) is 14.9 Å². The van der Waals surface area contributed by atoms with Crippen molar-refractivity contribution in [2.45, 2.75) is 29.8 Å². The molecule has 2 aromatic carbocycles. The number of hydrogen-bond donors (Lipinski definition) is 1. The van der Waals surface area contributed by atoms with E-state index in [4.69, 9.17) is 9.88 Å². The number of nitrogens with zero attached hydrogens (tertiary/aromatic N) is 2. The van der Waals surface area contributed by atoms with Crippen molar-refractivity contribution in [2.75, 3.05) is 18.0 Å². The second-order valence-corrected chi connectivity index (χ2v) is 8.88. The summed E-state index contributed by atoms with van der Waals surface area (Å²) < 4.78 is 29.2. The van der Waals surface area contributed by atoms with Crippen LogP contribution in [-0.2, 0) is 10.0 Å². The van der Waals surface area contributed by atoms with E-state index in [2.05, 4.69) is 0 Å². The average molecular weight is 417 g/mol. The number of fused-ring (bicyclic) bond motifs is 1. The van der Waals surface area contributed by atoms with E-state index in [9.17, 15) is 23.3 Å². The fraction of sp³-hybridized carbons (Fsp3) is 0.316. The summed E-state index contributed by atoms with van der Waals surface area (Å²) in [5, 5.41) is 16.6. The van der Waals surface area contributed by atoms with Gasteiger partial charge in [-0.25, -0.2) is 13.6 Å². The molecule has 1 saturated heterocycles. The van der Waals surface area contributed by atoms with Gasteiger partial charge in [0.15, 0.2) is 5.78 Å². The number of ether oxygens (including phenoxy) is 1. The predicted molar refractivity (Wildman–Crippen MR) is 105 cm³/mol. The van der Waals surface area contributed by atoms with E-state index in [1.54, 1.807) is 18.2 Å². The maximum Gasteiger partial charge on any atom is 0.293 e. The van der Waals surface area contributed by atoms with Crippen molar-refractivity contribution in [3.05, 3.63) is 58.1 Å². The van der Waals surface area contributed by atoms with Crippen molar-refractivity contribution < 1.29 is 22.9 Å². The van der Waals surface area contributed by atoms with Gasteiger partial charge in [0.1, 0.15) is 17.0 Å². The summed E-state index contributed by atoms with van der Waals surface area (Å²) >= 11 is 0. The van der Waals surface area contributed by atoms with Crippen molar-refractivity contribution in [1.82, 2.24) is 0 Å². The molecule has 0 radical (unpaired) electrons. The number of ketones is 1. The summed E-state index contributed by atoms with van der Waals surface area (Å²) in [5.74, 6) is 0.601. The van der Waals surface area contributed by atoms with Crippen LogP contribution in [0.3, 0.4) is 0 Å². The Morgan fingerprint density at radius 3 is 2.48 bits per heavy atom. The molecule has 152 valence electrons. The second-order valence-electron chi connectivity index (χ2n) is 7.32. The highest BCUT2D eigenvalue weighted by Gasteiger charge is 2.43. The molecule has 2 aliphatic rings. The van der Waals surface area contributed by atoms with Crippen LogP contribution in [0.25, 0.3) is 0 Å². The van der Waals surface area contributed by atoms with Crippen LogP contribution in [0.1, 0.15) is 29.6 Å². The number of carbonyl (C=O) groups excluding carboxylic acids is 1. The van der Waals surface area contributed by atoms with Gasteiger partial charge in [-0.15, -0.1) is 0 Å². The Bertz CT molecular complexity index is 1110. The first-order valence-electron chi connectivity index (χ1n) is 9.06. The SMILES string of the molecule is NS(=O)(=O)c1ccc(N2CCC3(CC2)CC(=O)c2ccccc2O3)c([N+](=O)[O-])c1. The topological polar surface area (TPSA) is 133 Å². The maximum absolute atomic E-state index is 12.5. The Balaban J connectivity index is 1.58. The second kappa shape index (κ2) is 6.82. The Hall–Kier alpha value is -2.98. The first kappa shape index (κ1) is 19.3. The van der Waals surface area contributed by atoms with E-state index < -0.39 is 20.5 Å². The summed E-state index contributed by atoms with van der Waals surface area (Å²) in [5.41, 5.74) is -0.0509. The number of nitro groups is 1. The minimum Gasteiger partial charge on any atom is -0.486 e. The average Bonchev–Trinajstić information content (AvgIpc) is 2.67. The monoisotopic (exact) mass is 417 g/mol. The lowest BCUT2D eigenvalue weighted by Crippen LogP contribution is -2.51. The molecule has 0 atom stereocenters. The predicted octanol–water partition coefficient (Wildman–Crippen LogP) is 2.25. The van der Waals surface area contributed by atoms with E-state index in [1.807, 2.05) is 11.0 Å². The first-order chi connectivity index (χ1) is 13.7. The van der Waals surface area contributed by atoms with Gasteiger partial charge in [-0.1, -0.05) is 12.1 Å². The maximum atomic E-state index is 12.5. The number of hydrogen-bond acceptors (Lipinski definition) is 7. The fourth-order valence-electron chi connectivity index (χ4n) is 3.97. The fourth-order valence-corrected chi connectivity index (χ4v) is 4.50. The van der Waals surface area contributed by atoms with Crippen LogP contribution in [0, 0.1) is 10.1 Å². The molecule has 1 fully saturated rings. The number of carbonyl (C=O) groups is 1. The molecular weight excluding hydrogens is 398 g/mol. The molecule has 0 bridgehead atoms. The number of anilines is 1. The van der Waals surface area contributed by atoms with Gasteiger partial charge in [0.25, 0.3) is 5.69 Å². The zero-order chi connectivity index (χ0) is 20.8. The Labute approximate surface area is 167 Å². The molecule has 10 heteroatoms. The standard InChI is InChI=1S/C19H19N3O6S/c20-29(26,27)13-5-6-15(16(11-13)22(24)25)21-9-7-19(8-10-21)12-17(23)14-3-1-2-4-18(14)28-19/h1-6,11H,7-10,12H2,(H2,20,26,27). The van der Waals surface area contributed by atoms with Gasteiger partial charge >= 0.3 is 0 Å². The van der Waals surface area contributed by atoms with Crippen LogP contribution in [0.15, 0.2) is 47.4 Å². The number of sulfonamides is 1. The van der Waals surface area contributed by atoms with E-state index in [1.165, 1.54) is 12.1 Å². The quantitative estimate of drug-likeness (QED) is 0.598. The molecular formula is C19H19N3O6S. The summed E-state index contributed by atoms with van der Waals surface area (Å²) in [6.45, 7) is 0.871. The molecule has 2 heterocycles. The lowest BCUT2D eigenvalue weighted by Gasteiger charge is -2.44. The van der Waals surface area contributed by atoms with Crippen LogP contribution in [0.2, 0.25) is 0 Å². The highest BCUT2D eigenvalue weighted by Crippen LogP contribution is 2.41. The molecule has 4 rings (SSSR count). The van der Waals surface area contributed by atoms with Gasteiger partial charge in [-0.2, -0.15) is 0 Å². The molecule has 0 aromatic heterocycles. The number of piperidine rings is 1. The molecule has 0 aliphatic carbocycles. The molecule has 0 saturated carbocycles. The normalized spacial score (nSPS) is 18.2. The van der Waals surface area contributed by atoms with Crippen molar-refractivity contribution in [3.8, 4) is 5.75 Å². The van der Waals surface area contributed by atoms with Crippen molar-refractivity contribution in [2.24, 2.45) is 5.14 Å². The van der Waals surface area contributed by atoms with Gasteiger partial charge in [0.2, 0.25) is 10.0 Å². The molecule has 1 spiro atoms. The van der Waals surface area contributed by atoms with Gasteiger partial charge in [0.05, 0.1) is 21.8 Å². The van der Waals surface area contributed by atoms with Crippen molar-refractivity contribution in [1.29, 1.82) is 0 Å². The molecule has 0 amide bonds. The summed E-state index contributed by atoms with van der Waals surface area (Å²) in [4.78, 5) is 24.9. The minimum atomic E-state index is -4.04. The summed E-state index contributed by atoms with van der Waals surface area (Å²) in [6.07, 6.45) is 1.30. The molecule has 0 unspecified atom stereocenters. The Kier molecular flexibility index (Phi) is 4.55. The molecule has 2 aromatic rings. The van der Waals surface area contributed by atoms with Crippen LogP contribution in [-0.4, -0.2) is 37.8 Å². The van der Waals surface area contributed by atoms with Gasteiger partial charge < -0.3 is 9.64 Å². The Morgan fingerprint density at radius 2 is 1.83 bits per heavy atom. The molecule has 2 N–H and O–H groups in total. The van der Waals surface area contributed by atoms with Gasteiger partial charge in [-0.05, 0) is 24.3 Å². The van der Waals surface area contributed by atoms with E-state index in [0.29, 0.717) is 42.9 Å². The number of nitro benzene ring substituents is 1. The third-order valence-corrected chi connectivity index (χ3v) is 6.40. The zero-order valence-electron chi connectivity index (χ0n) is 15.4. The third-order valence-electron chi connectivity index (χ3n) is 5.48. The highest BCUT2D eigenvalue weighted by atomic mass is 32.2. The number of nitrogens with two attached hydrogens (primary N) is 1. The molecule has 9 nitrogen and oxygen atoms in total. The number of benzene rings is 2. The smallest absolute Gasteiger partial charge is 0.293 e. The van der Waals surface area contributed by atoms with E-state index >= 15 is 0 Å². The third kappa shape index (κ3) is 3.56. The van der Waals surface area contributed by atoms with E-state index in [0.717, 1.165) is 6.07 Å². The van der Waals surface area contributed by atoms with Gasteiger partial charge in [0, 0.05) is 32.0 Å². The van der Waals surface area contributed by atoms with Crippen LogP contribution >= 0.6 is 0 Å². The number of Topliss-reactive ketones (excluding diaryl/α,β-unsaturated/α-hetero) is 1. The molecule has 2 aliphatic heterocycles. The minimum absolute atomic E-state index is 0.0313. The largest absolute Gasteiger partial charge is 0.486 e. The van der Waals surface area contributed by atoms with Crippen molar-refractivity contribution >= 4 is 27.2 Å². The highest BCUT2D eigenvalue weighted by molar-refractivity contribution is 7.89. The lowest BCUT2D eigenvalue weighted by atomic mass is 9.82. The first-order valence-corrected chi connectivity index (χ1v) is 10.6. The van der Waals surface area contributed by atoms with Crippen LogP contribution < -0.4 is 14.8 Å². The van der Waals surface area contributed by atoms with Crippen LogP contribution in [0.4, 0.5) is 11.4 Å². The summed E-state index contributed by atoms with van der Waals surface area (Å²) in [7, 11) is -4.04. The summed E-state index contributed by atoms with van der Waals surface area (Å²) in [6, 6.07) is 10.8. The number of para-hydroxylation sites is 1.